The van der Waals surface area contributed by atoms with Crippen LogP contribution >= 0.6 is 24.0 Å². The summed E-state index contributed by atoms with van der Waals surface area (Å²) in [7, 11) is 0.296. The number of nitrogens with one attached hydrogen (secondary N) is 2. The third kappa shape index (κ3) is 9.88. The highest BCUT2D eigenvalue weighted by Crippen LogP contribution is 2.10. The third-order valence-corrected chi connectivity index (χ3v) is 3.58. The summed E-state index contributed by atoms with van der Waals surface area (Å²) >= 11 is 0. The summed E-state index contributed by atoms with van der Waals surface area (Å²) in [5.74, 6) is 0.921. The maximum absolute atomic E-state index is 12.8. The molecule has 0 unspecified atom stereocenters. The molecule has 10 heteroatoms. The predicted molar refractivity (Wildman–Crippen MR) is 104 cm³/mol. The number of aliphatic imine (C=N–C) groups is 1. The fourth-order valence-corrected chi connectivity index (χ4v) is 2.21. The second kappa shape index (κ2) is 11.4. The van der Waals surface area contributed by atoms with Crippen molar-refractivity contribution >= 4 is 40.0 Å². The summed E-state index contributed by atoms with van der Waals surface area (Å²) in [6.45, 7) is 1.67. The molecule has 0 spiro atoms. The molecular formula is C14H24FIN4O3S. The molecule has 0 saturated carbocycles. The van der Waals surface area contributed by atoms with E-state index in [-0.39, 0.29) is 36.3 Å². The summed E-state index contributed by atoms with van der Waals surface area (Å²) in [4.78, 5) is 5.96. The molecule has 0 amide bonds. The molecule has 0 aliphatic heterocycles. The summed E-state index contributed by atoms with van der Waals surface area (Å²) in [6.07, 6.45) is 1.11. The van der Waals surface area contributed by atoms with Crippen LogP contribution in [0.3, 0.4) is 0 Å². The van der Waals surface area contributed by atoms with E-state index in [1.54, 1.807) is 19.2 Å². The van der Waals surface area contributed by atoms with Crippen LogP contribution in [0.2, 0.25) is 0 Å². The number of halogens is 2. The van der Waals surface area contributed by atoms with E-state index in [0.717, 1.165) is 6.26 Å². The van der Waals surface area contributed by atoms with Crippen LogP contribution in [0.4, 0.5) is 4.39 Å². The third-order valence-electron chi connectivity index (χ3n) is 2.85. The van der Waals surface area contributed by atoms with Crippen molar-refractivity contribution in [2.75, 3.05) is 46.6 Å². The molecule has 24 heavy (non-hydrogen) atoms. The summed E-state index contributed by atoms with van der Waals surface area (Å²) in [5, 5.41) is 3.04. The molecule has 0 atom stereocenters. The van der Waals surface area contributed by atoms with Crippen molar-refractivity contribution in [3.63, 3.8) is 0 Å². The smallest absolute Gasteiger partial charge is 0.208 e. The Bertz CT molecular complexity index is 611. The molecule has 1 aromatic rings. The van der Waals surface area contributed by atoms with Crippen LogP contribution in [0.25, 0.3) is 0 Å². The Kier molecular flexibility index (Phi) is 10.9. The van der Waals surface area contributed by atoms with Gasteiger partial charge in [0.2, 0.25) is 10.0 Å². The minimum atomic E-state index is -3.19. The molecule has 0 aliphatic carbocycles. The topological polar surface area (TPSA) is 83.0 Å². The molecule has 7 nitrogen and oxygen atoms in total. The lowest BCUT2D eigenvalue weighted by Gasteiger charge is -2.22. The van der Waals surface area contributed by atoms with Gasteiger partial charge >= 0.3 is 0 Å². The minimum absolute atomic E-state index is 0. The number of nitrogens with zero attached hydrogens (tertiary/aromatic N) is 2. The second-order valence-electron chi connectivity index (χ2n) is 4.86. The van der Waals surface area contributed by atoms with E-state index in [1.165, 1.54) is 12.1 Å². The Morgan fingerprint density at radius 2 is 1.92 bits per heavy atom. The van der Waals surface area contributed by atoms with E-state index in [1.807, 2.05) is 11.9 Å². The first kappa shape index (κ1) is 22.9. The zero-order valence-electron chi connectivity index (χ0n) is 14.0. The molecule has 1 rings (SSSR count). The first-order valence-corrected chi connectivity index (χ1v) is 8.96. The van der Waals surface area contributed by atoms with E-state index in [2.05, 4.69) is 15.0 Å². The Morgan fingerprint density at radius 1 is 1.29 bits per heavy atom. The largest absolute Gasteiger partial charge is 0.492 e. The molecule has 138 valence electrons. The lowest BCUT2D eigenvalue weighted by Crippen LogP contribution is -2.43. The zero-order chi connectivity index (χ0) is 17.3. The summed E-state index contributed by atoms with van der Waals surface area (Å²) in [6, 6.07) is 5.82. The average Bonchev–Trinajstić information content (AvgIpc) is 2.48. The highest BCUT2D eigenvalue weighted by atomic mass is 127. The molecule has 1 aromatic carbocycles. The summed E-state index contributed by atoms with van der Waals surface area (Å²) < 4.78 is 42.6. The van der Waals surface area contributed by atoms with E-state index in [4.69, 9.17) is 4.74 Å². The number of hydrogen-bond donors (Lipinski definition) is 2. The van der Waals surface area contributed by atoms with Crippen LogP contribution in [0.15, 0.2) is 29.3 Å². The van der Waals surface area contributed by atoms with Crippen LogP contribution in [0.5, 0.6) is 5.75 Å². The maximum Gasteiger partial charge on any atom is 0.208 e. The lowest BCUT2D eigenvalue weighted by molar-refractivity contribution is 0.281. The second-order valence-corrected chi connectivity index (χ2v) is 6.70. The molecule has 0 aliphatic rings. The van der Waals surface area contributed by atoms with Crippen LogP contribution in [-0.4, -0.2) is 65.9 Å². The number of hydrogen-bond acceptors (Lipinski definition) is 4. The normalized spacial score (nSPS) is 11.6. The first-order valence-electron chi connectivity index (χ1n) is 7.06. The van der Waals surface area contributed by atoms with Gasteiger partial charge in [0, 0.05) is 27.2 Å². The molecule has 0 saturated heterocycles. The molecule has 0 aromatic heterocycles. The Labute approximate surface area is 159 Å². The SMILES string of the molecule is CN=C(NCCNS(C)(=O)=O)N(C)CCOc1ccc(F)cc1.I. The van der Waals surface area contributed by atoms with Crippen molar-refractivity contribution in [2.45, 2.75) is 0 Å². The van der Waals surface area contributed by atoms with E-state index in [0.29, 0.717) is 31.4 Å². The fourth-order valence-electron chi connectivity index (χ4n) is 1.73. The number of sulfonamides is 1. The van der Waals surface area contributed by atoms with Crippen molar-refractivity contribution < 1.29 is 17.5 Å². The Hall–Kier alpha value is -1.14. The van der Waals surface area contributed by atoms with E-state index in [9.17, 15) is 12.8 Å². The quantitative estimate of drug-likeness (QED) is 0.253. The van der Waals surface area contributed by atoms with Gasteiger partial charge in [0.25, 0.3) is 0 Å². The van der Waals surface area contributed by atoms with Gasteiger partial charge in [-0.1, -0.05) is 0 Å². The molecule has 0 bridgehead atoms. The number of ether oxygens (including phenoxy) is 1. The number of rotatable bonds is 8. The monoisotopic (exact) mass is 474 g/mol. The van der Waals surface area contributed by atoms with Gasteiger partial charge in [-0.05, 0) is 24.3 Å². The van der Waals surface area contributed by atoms with Crippen LogP contribution in [-0.2, 0) is 10.0 Å². The number of guanidine groups is 1. The lowest BCUT2D eigenvalue weighted by atomic mass is 10.3. The number of benzene rings is 1. The summed E-state index contributed by atoms with van der Waals surface area (Å²) in [5.41, 5.74) is 0. The van der Waals surface area contributed by atoms with Crippen molar-refractivity contribution in [3.05, 3.63) is 30.1 Å². The van der Waals surface area contributed by atoms with Gasteiger partial charge in [-0.25, -0.2) is 17.5 Å². The Morgan fingerprint density at radius 3 is 2.46 bits per heavy atom. The predicted octanol–water partition coefficient (Wildman–Crippen LogP) is 0.879. The highest BCUT2D eigenvalue weighted by molar-refractivity contribution is 14.0. The zero-order valence-corrected chi connectivity index (χ0v) is 17.1. The average molecular weight is 474 g/mol. The van der Waals surface area contributed by atoms with Crippen LogP contribution in [0, 0.1) is 5.82 Å². The van der Waals surface area contributed by atoms with Gasteiger partial charge in [0.05, 0.1) is 12.8 Å². The van der Waals surface area contributed by atoms with Gasteiger partial charge in [-0.3, -0.25) is 4.99 Å². The maximum atomic E-state index is 12.8. The van der Waals surface area contributed by atoms with Crippen molar-refractivity contribution in [1.29, 1.82) is 0 Å². The van der Waals surface area contributed by atoms with Crippen molar-refractivity contribution in [2.24, 2.45) is 4.99 Å². The van der Waals surface area contributed by atoms with E-state index < -0.39 is 10.0 Å². The van der Waals surface area contributed by atoms with Crippen molar-refractivity contribution in [1.82, 2.24) is 14.9 Å². The number of likely N-dealkylation sites (N-methyl/N-ethyl adjacent to an activating group) is 1. The molecule has 0 fully saturated rings. The molecule has 0 heterocycles. The van der Waals surface area contributed by atoms with Crippen LogP contribution in [0.1, 0.15) is 0 Å². The molecular weight excluding hydrogens is 450 g/mol. The van der Waals surface area contributed by atoms with Crippen LogP contribution < -0.4 is 14.8 Å². The standard InChI is InChI=1S/C14H23FN4O3S.HI/c1-16-14(17-8-9-18-23(3,20)21)19(2)10-11-22-13-6-4-12(15)5-7-13;/h4-7,18H,8-11H2,1-3H3,(H,16,17);1H. The highest BCUT2D eigenvalue weighted by Gasteiger charge is 2.06. The van der Waals surface area contributed by atoms with Gasteiger partial charge in [-0.2, -0.15) is 0 Å². The first-order chi connectivity index (χ1) is 10.8. The van der Waals surface area contributed by atoms with Gasteiger partial charge < -0.3 is 15.0 Å². The van der Waals surface area contributed by atoms with E-state index >= 15 is 0 Å². The molecule has 0 radical (unpaired) electrons. The molecule has 2 N–H and O–H groups in total. The van der Waals surface area contributed by atoms with Crippen molar-refractivity contribution in [3.8, 4) is 5.75 Å². The Balaban J connectivity index is 0.00000529. The fraction of sp³-hybridized carbons (Fsp3) is 0.500. The van der Waals surface area contributed by atoms with Gasteiger partial charge in [0.15, 0.2) is 5.96 Å². The minimum Gasteiger partial charge on any atom is -0.492 e. The van der Waals surface area contributed by atoms with Gasteiger partial charge in [-0.15, -0.1) is 24.0 Å². The van der Waals surface area contributed by atoms with Gasteiger partial charge in [0.1, 0.15) is 18.2 Å².